The Morgan fingerprint density at radius 3 is 2.29 bits per heavy atom. The van der Waals surface area contributed by atoms with Crippen molar-refractivity contribution in [2.75, 3.05) is 69.2 Å². The van der Waals surface area contributed by atoms with Crippen molar-refractivity contribution in [3.05, 3.63) is 47.9 Å². The molecule has 4 rings (SSSR count). The lowest BCUT2D eigenvalue weighted by Gasteiger charge is -2.34. The molecule has 2 aliphatic heterocycles. The summed E-state index contributed by atoms with van der Waals surface area (Å²) >= 11 is 0. The van der Waals surface area contributed by atoms with Gasteiger partial charge in [-0.1, -0.05) is 0 Å². The number of aryl methyl sites for hydroxylation is 1. The summed E-state index contributed by atoms with van der Waals surface area (Å²) in [6.45, 7) is 8.61. The number of piperazine rings is 1. The molecule has 0 aliphatic carbocycles. The molecule has 8 nitrogen and oxygen atoms in total. The Hall–Kier alpha value is -2.84. The smallest absolute Gasteiger partial charge is 0.289 e. The molecular weight excluding hydrogens is 396 g/mol. The molecule has 0 atom stereocenters. The quantitative estimate of drug-likeness (QED) is 0.763. The first-order valence-corrected chi connectivity index (χ1v) is 10.9. The average Bonchev–Trinajstić information content (AvgIpc) is 3.25. The molecule has 0 bridgehead atoms. The number of benzene rings is 1. The molecule has 2 fully saturated rings. The van der Waals surface area contributed by atoms with Crippen molar-refractivity contribution >= 4 is 23.2 Å². The van der Waals surface area contributed by atoms with Crippen LogP contribution in [0, 0.1) is 6.92 Å². The maximum atomic E-state index is 12.5. The standard InChI is InChI=1S/C23H30N4O4/c1-18-2-7-21(31-18)23(29)27-12-10-25(11-13-27)9-8-22(28)24-19-3-5-20(6-4-19)26-14-16-30-17-15-26/h2-7H,8-17H2,1H3,(H,24,28). The fourth-order valence-electron chi connectivity index (χ4n) is 3.94. The number of hydrogen-bond acceptors (Lipinski definition) is 6. The van der Waals surface area contributed by atoms with Crippen LogP contribution in [0.5, 0.6) is 0 Å². The monoisotopic (exact) mass is 426 g/mol. The molecule has 1 aromatic heterocycles. The fourth-order valence-corrected chi connectivity index (χ4v) is 3.94. The Bertz CT molecular complexity index is 881. The van der Waals surface area contributed by atoms with Crippen LogP contribution in [-0.2, 0) is 9.53 Å². The number of anilines is 2. The Kier molecular flexibility index (Phi) is 6.89. The van der Waals surface area contributed by atoms with Crippen molar-refractivity contribution in [2.45, 2.75) is 13.3 Å². The van der Waals surface area contributed by atoms with Crippen LogP contribution < -0.4 is 10.2 Å². The Labute approximate surface area is 182 Å². The highest BCUT2D eigenvalue weighted by atomic mass is 16.5. The maximum absolute atomic E-state index is 12.5. The summed E-state index contributed by atoms with van der Waals surface area (Å²) in [5.41, 5.74) is 1.96. The van der Waals surface area contributed by atoms with Gasteiger partial charge in [-0.2, -0.15) is 0 Å². The van der Waals surface area contributed by atoms with Gasteiger partial charge in [-0.25, -0.2) is 0 Å². The van der Waals surface area contributed by atoms with Gasteiger partial charge < -0.3 is 24.3 Å². The number of amides is 2. The summed E-state index contributed by atoms with van der Waals surface area (Å²) in [4.78, 5) is 31.1. The lowest BCUT2D eigenvalue weighted by molar-refractivity contribution is -0.116. The number of carbonyl (C=O) groups is 2. The summed E-state index contributed by atoms with van der Waals surface area (Å²) in [5, 5.41) is 2.98. The zero-order valence-electron chi connectivity index (χ0n) is 18.0. The molecule has 0 saturated carbocycles. The van der Waals surface area contributed by atoms with E-state index in [0.717, 1.165) is 56.5 Å². The van der Waals surface area contributed by atoms with Gasteiger partial charge in [0.05, 0.1) is 13.2 Å². The molecule has 2 aromatic rings. The van der Waals surface area contributed by atoms with Crippen molar-refractivity contribution in [2.24, 2.45) is 0 Å². The summed E-state index contributed by atoms with van der Waals surface area (Å²) in [5.74, 6) is 1.07. The van der Waals surface area contributed by atoms with E-state index in [2.05, 4.69) is 15.1 Å². The van der Waals surface area contributed by atoms with Crippen LogP contribution >= 0.6 is 0 Å². The van der Waals surface area contributed by atoms with E-state index >= 15 is 0 Å². The molecule has 0 radical (unpaired) electrons. The normalized spacial score (nSPS) is 17.6. The lowest BCUT2D eigenvalue weighted by Crippen LogP contribution is -2.49. The number of carbonyl (C=O) groups excluding carboxylic acids is 2. The predicted octanol–water partition coefficient (Wildman–Crippen LogP) is 2.21. The Balaban J connectivity index is 1.18. The van der Waals surface area contributed by atoms with Crippen molar-refractivity contribution in [1.82, 2.24) is 9.80 Å². The van der Waals surface area contributed by atoms with Crippen LogP contribution in [0.2, 0.25) is 0 Å². The number of nitrogens with zero attached hydrogens (tertiary/aromatic N) is 3. The minimum atomic E-state index is -0.0639. The third-order valence-corrected chi connectivity index (χ3v) is 5.79. The largest absolute Gasteiger partial charge is 0.456 e. The molecule has 0 spiro atoms. The summed E-state index contributed by atoms with van der Waals surface area (Å²) in [6, 6.07) is 11.5. The van der Waals surface area contributed by atoms with Crippen molar-refractivity contribution in [1.29, 1.82) is 0 Å². The van der Waals surface area contributed by atoms with E-state index in [1.54, 1.807) is 12.1 Å². The van der Waals surface area contributed by atoms with E-state index in [4.69, 9.17) is 9.15 Å². The van der Waals surface area contributed by atoms with E-state index in [1.807, 2.05) is 36.1 Å². The van der Waals surface area contributed by atoms with Gasteiger partial charge in [0, 0.05) is 63.6 Å². The second-order valence-corrected chi connectivity index (χ2v) is 7.99. The number of nitrogens with one attached hydrogen (secondary N) is 1. The van der Waals surface area contributed by atoms with E-state index < -0.39 is 0 Å². The van der Waals surface area contributed by atoms with Gasteiger partial charge in [-0.05, 0) is 43.3 Å². The molecule has 166 valence electrons. The fraction of sp³-hybridized carbons (Fsp3) is 0.478. The van der Waals surface area contributed by atoms with Crippen LogP contribution in [0.4, 0.5) is 11.4 Å². The molecule has 1 aromatic carbocycles. The number of hydrogen-bond donors (Lipinski definition) is 1. The van der Waals surface area contributed by atoms with E-state index in [-0.39, 0.29) is 11.8 Å². The van der Waals surface area contributed by atoms with Crippen LogP contribution in [0.25, 0.3) is 0 Å². The van der Waals surface area contributed by atoms with Crippen LogP contribution in [0.15, 0.2) is 40.8 Å². The van der Waals surface area contributed by atoms with Crippen LogP contribution in [0.3, 0.4) is 0 Å². The Morgan fingerprint density at radius 1 is 0.935 bits per heavy atom. The third-order valence-electron chi connectivity index (χ3n) is 5.79. The highest BCUT2D eigenvalue weighted by Crippen LogP contribution is 2.19. The lowest BCUT2D eigenvalue weighted by atomic mass is 10.2. The predicted molar refractivity (Wildman–Crippen MR) is 119 cm³/mol. The highest BCUT2D eigenvalue weighted by Gasteiger charge is 2.24. The van der Waals surface area contributed by atoms with Gasteiger partial charge in [0.1, 0.15) is 5.76 Å². The first-order chi connectivity index (χ1) is 15.1. The number of rotatable bonds is 6. The van der Waals surface area contributed by atoms with Crippen molar-refractivity contribution < 1.29 is 18.7 Å². The number of ether oxygens (including phenoxy) is 1. The summed E-state index contributed by atoms with van der Waals surface area (Å²) < 4.78 is 10.8. The number of morpholine rings is 1. The summed E-state index contributed by atoms with van der Waals surface area (Å²) in [6.07, 6.45) is 0.427. The van der Waals surface area contributed by atoms with E-state index in [1.165, 1.54) is 0 Å². The van der Waals surface area contributed by atoms with E-state index in [9.17, 15) is 9.59 Å². The molecular formula is C23H30N4O4. The maximum Gasteiger partial charge on any atom is 0.289 e. The average molecular weight is 427 g/mol. The molecule has 2 aliphatic rings. The van der Waals surface area contributed by atoms with Crippen LogP contribution in [0.1, 0.15) is 22.7 Å². The van der Waals surface area contributed by atoms with Gasteiger partial charge in [0.2, 0.25) is 5.91 Å². The minimum absolute atomic E-state index is 0.00342. The molecule has 0 unspecified atom stereocenters. The van der Waals surface area contributed by atoms with Gasteiger partial charge in [0.15, 0.2) is 5.76 Å². The van der Waals surface area contributed by atoms with E-state index in [0.29, 0.717) is 31.8 Å². The second-order valence-electron chi connectivity index (χ2n) is 7.99. The molecule has 31 heavy (non-hydrogen) atoms. The second kappa shape index (κ2) is 9.98. The van der Waals surface area contributed by atoms with Gasteiger partial charge >= 0.3 is 0 Å². The van der Waals surface area contributed by atoms with Gasteiger partial charge in [-0.15, -0.1) is 0 Å². The van der Waals surface area contributed by atoms with Gasteiger partial charge in [0.25, 0.3) is 5.91 Å². The molecule has 1 N–H and O–H groups in total. The SMILES string of the molecule is Cc1ccc(C(=O)N2CCN(CCC(=O)Nc3ccc(N4CCOCC4)cc3)CC2)o1. The topological polar surface area (TPSA) is 78.3 Å². The van der Waals surface area contributed by atoms with Crippen molar-refractivity contribution in [3.63, 3.8) is 0 Å². The third kappa shape index (κ3) is 5.65. The molecule has 2 saturated heterocycles. The first kappa shape index (κ1) is 21.4. The number of furan rings is 1. The zero-order valence-corrected chi connectivity index (χ0v) is 18.0. The molecule has 8 heteroatoms. The highest BCUT2D eigenvalue weighted by molar-refractivity contribution is 5.92. The zero-order chi connectivity index (χ0) is 21.6. The van der Waals surface area contributed by atoms with Crippen molar-refractivity contribution in [3.8, 4) is 0 Å². The summed E-state index contributed by atoms with van der Waals surface area (Å²) in [7, 11) is 0. The Morgan fingerprint density at radius 2 is 1.65 bits per heavy atom. The molecule has 2 amide bonds. The first-order valence-electron chi connectivity index (χ1n) is 10.9. The van der Waals surface area contributed by atoms with Crippen LogP contribution in [-0.4, -0.2) is 80.6 Å². The van der Waals surface area contributed by atoms with Gasteiger partial charge in [-0.3, -0.25) is 14.5 Å². The molecule has 3 heterocycles. The minimum Gasteiger partial charge on any atom is -0.456 e.